The molecule has 0 aliphatic heterocycles. The van der Waals surface area contributed by atoms with Crippen LogP contribution in [0.3, 0.4) is 0 Å². The highest BCUT2D eigenvalue weighted by molar-refractivity contribution is 5.26. The summed E-state index contributed by atoms with van der Waals surface area (Å²) in [6, 6.07) is 0. The zero-order chi connectivity index (χ0) is 8.91. The molecule has 0 aliphatic carbocycles. The van der Waals surface area contributed by atoms with Gasteiger partial charge in [0, 0.05) is 0 Å². The van der Waals surface area contributed by atoms with Gasteiger partial charge in [-0.25, -0.2) is 0 Å². The van der Waals surface area contributed by atoms with E-state index in [4.69, 9.17) is 0 Å². The predicted molar refractivity (Wildman–Crippen MR) is 39.1 cm³/mol. The molecule has 0 spiro atoms. The number of allylic oxidation sites excluding steroid dienone is 5. The molecule has 0 bridgehead atoms. The molecule has 62 valence electrons. The van der Waals surface area contributed by atoms with Crippen LogP contribution < -0.4 is 0 Å². The molecule has 11 heavy (non-hydrogen) atoms. The molecule has 0 heterocycles. The number of alkyl halides is 3. The molecule has 0 fully saturated rings. The van der Waals surface area contributed by atoms with Crippen LogP contribution in [0.2, 0.25) is 0 Å². The molecule has 0 N–H and O–H groups in total. The quantitative estimate of drug-likeness (QED) is 0.547. The minimum atomic E-state index is -4.29. The van der Waals surface area contributed by atoms with Gasteiger partial charge in [0.25, 0.3) is 0 Å². The molecular weight excluding hydrogens is 153 g/mol. The molecule has 0 radical (unpaired) electrons. The Labute approximate surface area is 63.7 Å². The van der Waals surface area contributed by atoms with E-state index in [0.717, 1.165) is 12.2 Å². The second kappa shape index (κ2) is 4.01. The molecule has 0 saturated heterocycles. The first-order valence-corrected chi connectivity index (χ1v) is 3.05. The summed E-state index contributed by atoms with van der Waals surface area (Å²) in [5, 5.41) is 0. The van der Waals surface area contributed by atoms with Crippen molar-refractivity contribution in [3.63, 3.8) is 0 Å². The fourth-order valence-electron chi connectivity index (χ4n) is 0.478. The summed E-state index contributed by atoms with van der Waals surface area (Å²) in [7, 11) is 0. The zero-order valence-electron chi connectivity index (χ0n) is 6.15. The Morgan fingerprint density at radius 1 is 1.36 bits per heavy atom. The van der Waals surface area contributed by atoms with Crippen LogP contribution >= 0.6 is 0 Å². The minimum absolute atomic E-state index is 0.726. The molecule has 0 aromatic rings. The molecular formula is C8H9F3. The molecule has 0 rings (SSSR count). The van der Waals surface area contributed by atoms with E-state index >= 15 is 0 Å². The molecule has 0 nitrogen and oxygen atoms in total. The van der Waals surface area contributed by atoms with Gasteiger partial charge in [0.1, 0.15) is 0 Å². The molecule has 0 aromatic heterocycles. The van der Waals surface area contributed by atoms with Crippen LogP contribution in [0.15, 0.2) is 36.5 Å². The van der Waals surface area contributed by atoms with Crippen molar-refractivity contribution in [3.8, 4) is 0 Å². The smallest absolute Gasteiger partial charge is 0.166 e. The van der Waals surface area contributed by atoms with Crippen molar-refractivity contribution in [3.05, 3.63) is 36.5 Å². The lowest BCUT2D eigenvalue weighted by molar-refractivity contribution is -0.0881. The topological polar surface area (TPSA) is 0 Å². The van der Waals surface area contributed by atoms with Crippen LogP contribution in [0.25, 0.3) is 0 Å². The Morgan fingerprint density at radius 3 is 2.18 bits per heavy atom. The molecule has 0 amide bonds. The molecule has 0 unspecified atom stereocenters. The van der Waals surface area contributed by atoms with Gasteiger partial charge < -0.3 is 0 Å². The Balaban J connectivity index is 4.53. The van der Waals surface area contributed by atoms with Crippen LogP contribution in [-0.2, 0) is 0 Å². The van der Waals surface area contributed by atoms with Gasteiger partial charge >= 0.3 is 6.18 Å². The van der Waals surface area contributed by atoms with Crippen LogP contribution in [-0.4, -0.2) is 6.18 Å². The van der Waals surface area contributed by atoms with E-state index in [0.29, 0.717) is 0 Å². The zero-order valence-corrected chi connectivity index (χ0v) is 6.15. The van der Waals surface area contributed by atoms with Crippen molar-refractivity contribution < 1.29 is 13.2 Å². The number of hydrogen-bond donors (Lipinski definition) is 0. The van der Waals surface area contributed by atoms with Crippen molar-refractivity contribution in [2.45, 2.75) is 13.1 Å². The lowest BCUT2D eigenvalue weighted by Crippen LogP contribution is -2.09. The van der Waals surface area contributed by atoms with Crippen molar-refractivity contribution >= 4 is 0 Å². The maximum Gasteiger partial charge on any atom is 0.416 e. The van der Waals surface area contributed by atoms with Crippen LogP contribution in [0.1, 0.15) is 6.92 Å². The van der Waals surface area contributed by atoms with Gasteiger partial charge in [0.05, 0.1) is 5.57 Å². The minimum Gasteiger partial charge on any atom is -0.166 e. The highest BCUT2D eigenvalue weighted by atomic mass is 19.4. The SMILES string of the molecule is C=C/C(=C\C=C\C)C(F)(F)F. The van der Waals surface area contributed by atoms with Gasteiger partial charge in [-0.05, 0) is 6.92 Å². The summed E-state index contributed by atoms with van der Waals surface area (Å²) in [6.45, 7) is 4.70. The second-order valence-corrected chi connectivity index (χ2v) is 1.85. The van der Waals surface area contributed by atoms with Crippen LogP contribution in [0, 0.1) is 0 Å². The summed E-state index contributed by atoms with van der Waals surface area (Å²) in [5.74, 6) is 0. The summed E-state index contributed by atoms with van der Waals surface area (Å²) in [5.41, 5.74) is -0.726. The van der Waals surface area contributed by atoms with Gasteiger partial charge in [-0.3, -0.25) is 0 Å². The number of halogens is 3. The van der Waals surface area contributed by atoms with Gasteiger partial charge in [0.15, 0.2) is 0 Å². The standard InChI is InChI=1S/C8H9F3/c1-3-5-6-7(4-2)8(9,10)11/h3-6H,2H2,1H3/b5-3+,7-6+. The summed E-state index contributed by atoms with van der Waals surface area (Å²) < 4.78 is 35.6. The largest absolute Gasteiger partial charge is 0.416 e. The lowest BCUT2D eigenvalue weighted by atomic mass is 10.2. The predicted octanol–water partition coefficient (Wildman–Crippen LogP) is 3.24. The lowest BCUT2D eigenvalue weighted by Gasteiger charge is -2.04. The summed E-state index contributed by atoms with van der Waals surface area (Å²) in [6.07, 6.45) is 0.327. The fraction of sp³-hybridized carbons (Fsp3) is 0.250. The van der Waals surface area contributed by atoms with Crippen molar-refractivity contribution in [1.82, 2.24) is 0 Å². The van der Waals surface area contributed by atoms with E-state index in [2.05, 4.69) is 6.58 Å². The van der Waals surface area contributed by atoms with E-state index in [1.807, 2.05) is 0 Å². The molecule has 3 heteroatoms. The average Bonchev–Trinajstić information content (AvgIpc) is 1.87. The summed E-state index contributed by atoms with van der Waals surface area (Å²) in [4.78, 5) is 0. The van der Waals surface area contributed by atoms with Crippen LogP contribution in [0.5, 0.6) is 0 Å². The molecule has 0 atom stereocenters. The van der Waals surface area contributed by atoms with Crippen molar-refractivity contribution in [1.29, 1.82) is 0 Å². The Morgan fingerprint density at radius 2 is 1.91 bits per heavy atom. The highest BCUT2D eigenvalue weighted by Gasteiger charge is 2.30. The number of hydrogen-bond acceptors (Lipinski definition) is 0. The third-order valence-electron chi connectivity index (χ3n) is 1.02. The van der Waals surface area contributed by atoms with E-state index in [9.17, 15) is 13.2 Å². The van der Waals surface area contributed by atoms with E-state index in [1.165, 1.54) is 12.2 Å². The fourth-order valence-corrected chi connectivity index (χ4v) is 0.478. The molecule has 0 aliphatic rings. The van der Waals surface area contributed by atoms with Crippen molar-refractivity contribution in [2.75, 3.05) is 0 Å². The first kappa shape index (κ1) is 10.0. The van der Waals surface area contributed by atoms with Gasteiger partial charge in [-0.1, -0.05) is 30.9 Å². The summed E-state index contributed by atoms with van der Waals surface area (Å²) >= 11 is 0. The first-order valence-electron chi connectivity index (χ1n) is 3.05. The molecule has 0 saturated carbocycles. The second-order valence-electron chi connectivity index (χ2n) is 1.85. The Kier molecular flexibility index (Phi) is 3.65. The Hall–Kier alpha value is -0.990. The first-order chi connectivity index (χ1) is 5.02. The van der Waals surface area contributed by atoms with E-state index in [1.54, 1.807) is 6.92 Å². The third-order valence-corrected chi connectivity index (χ3v) is 1.02. The van der Waals surface area contributed by atoms with Gasteiger partial charge in [-0.15, -0.1) is 0 Å². The maximum absolute atomic E-state index is 11.9. The number of rotatable bonds is 2. The highest BCUT2D eigenvalue weighted by Crippen LogP contribution is 2.25. The normalized spacial score (nSPS) is 14.0. The third kappa shape index (κ3) is 3.65. The van der Waals surface area contributed by atoms with Gasteiger partial charge in [0.2, 0.25) is 0 Å². The monoisotopic (exact) mass is 162 g/mol. The van der Waals surface area contributed by atoms with Crippen LogP contribution in [0.4, 0.5) is 13.2 Å². The van der Waals surface area contributed by atoms with Crippen molar-refractivity contribution in [2.24, 2.45) is 0 Å². The van der Waals surface area contributed by atoms with E-state index < -0.39 is 11.7 Å². The Bertz CT molecular complexity index is 184. The average molecular weight is 162 g/mol. The van der Waals surface area contributed by atoms with Gasteiger partial charge in [-0.2, -0.15) is 13.2 Å². The maximum atomic E-state index is 11.9. The molecule has 0 aromatic carbocycles. The van der Waals surface area contributed by atoms with E-state index in [-0.39, 0.29) is 0 Å².